The predicted molar refractivity (Wildman–Crippen MR) is 86.0 cm³/mol. The average Bonchev–Trinajstić information content (AvgIpc) is 2.89. The van der Waals surface area contributed by atoms with Crippen molar-refractivity contribution < 1.29 is 9.26 Å². The molecule has 0 aliphatic heterocycles. The minimum absolute atomic E-state index is 0.367. The molecule has 0 aliphatic carbocycles. The molecule has 2 N–H and O–H groups in total. The zero-order valence-electron chi connectivity index (χ0n) is 11.3. The molecular weight excluding hydrogens is 332 g/mol. The number of ether oxygens (including phenoxy) is 1. The van der Waals surface area contributed by atoms with Crippen molar-refractivity contribution in [1.29, 1.82) is 0 Å². The highest BCUT2D eigenvalue weighted by molar-refractivity contribution is 9.10. The van der Waals surface area contributed by atoms with Gasteiger partial charge in [0.1, 0.15) is 5.75 Å². The van der Waals surface area contributed by atoms with Crippen LogP contribution in [0.4, 0.5) is 5.82 Å². The topological polar surface area (TPSA) is 61.3 Å². The second-order valence-corrected chi connectivity index (χ2v) is 5.33. The number of nitrogens with two attached hydrogens (primary N) is 1. The first-order valence-electron chi connectivity index (χ1n) is 6.35. The Bertz CT molecular complexity index is 766. The minimum Gasteiger partial charge on any atom is -0.497 e. The number of nitrogens with zero attached hydrogens (tertiary/aromatic N) is 1. The largest absolute Gasteiger partial charge is 0.497 e. The van der Waals surface area contributed by atoms with Crippen LogP contribution in [-0.4, -0.2) is 12.3 Å². The molecule has 1 aromatic heterocycles. The first-order chi connectivity index (χ1) is 10.2. The van der Waals surface area contributed by atoms with E-state index in [-0.39, 0.29) is 0 Å². The molecule has 4 nitrogen and oxygen atoms in total. The summed E-state index contributed by atoms with van der Waals surface area (Å²) in [6, 6.07) is 15.4. The molecule has 0 bridgehead atoms. The molecule has 0 radical (unpaired) electrons. The summed E-state index contributed by atoms with van der Waals surface area (Å²) < 4.78 is 11.5. The highest BCUT2D eigenvalue weighted by Gasteiger charge is 2.19. The van der Waals surface area contributed by atoms with Crippen LogP contribution in [0, 0.1) is 0 Å². The summed E-state index contributed by atoms with van der Waals surface area (Å²) in [5.41, 5.74) is 8.60. The number of aromatic nitrogens is 1. The van der Waals surface area contributed by atoms with Crippen molar-refractivity contribution >= 4 is 21.7 Å². The number of hydrogen-bond acceptors (Lipinski definition) is 4. The molecule has 3 rings (SSSR count). The van der Waals surface area contributed by atoms with Gasteiger partial charge in [-0.05, 0) is 29.8 Å². The van der Waals surface area contributed by atoms with Gasteiger partial charge in [0.15, 0.2) is 11.6 Å². The molecule has 5 heteroatoms. The van der Waals surface area contributed by atoms with Crippen LogP contribution in [-0.2, 0) is 0 Å². The normalized spacial score (nSPS) is 10.6. The van der Waals surface area contributed by atoms with E-state index in [1.54, 1.807) is 7.11 Å². The van der Waals surface area contributed by atoms with E-state index < -0.39 is 0 Å². The maximum Gasteiger partial charge on any atom is 0.178 e. The van der Waals surface area contributed by atoms with Crippen LogP contribution in [0.1, 0.15) is 0 Å². The van der Waals surface area contributed by atoms with E-state index in [2.05, 4.69) is 21.1 Å². The van der Waals surface area contributed by atoms with Crippen LogP contribution in [0.25, 0.3) is 22.5 Å². The molecule has 1 heterocycles. The van der Waals surface area contributed by atoms with E-state index in [4.69, 9.17) is 15.0 Å². The zero-order valence-corrected chi connectivity index (χ0v) is 12.9. The molecule has 0 atom stereocenters. The smallest absolute Gasteiger partial charge is 0.178 e. The molecule has 2 aromatic carbocycles. The van der Waals surface area contributed by atoms with Crippen molar-refractivity contribution in [2.75, 3.05) is 12.8 Å². The minimum atomic E-state index is 0.367. The Kier molecular flexibility index (Phi) is 3.66. The number of rotatable bonds is 3. The Labute approximate surface area is 130 Å². The van der Waals surface area contributed by atoms with E-state index in [1.165, 1.54) is 0 Å². The third-order valence-corrected chi connectivity index (χ3v) is 3.91. The summed E-state index contributed by atoms with van der Waals surface area (Å²) >= 11 is 3.52. The fourth-order valence-corrected chi connectivity index (χ4v) is 2.63. The number of anilines is 1. The molecule has 106 valence electrons. The molecule has 0 aliphatic rings. The SMILES string of the molecule is COc1ccc(-c2c(N)noc2-c2ccccc2Br)cc1. The molecule has 21 heavy (non-hydrogen) atoms. The lowest BCUT2D eigenvalue weighted by Gasteiger charge is -2.06. The van der Waals surface area contributed by atoms with Crippen LogP contribution in [0.2, 0.25) is 0 Å². The Morgan fingerprint density at radius 1 is 1.10 bits per heavy atom. The van der Waals surface area contributed by atoms with Crippen LogP contribution in [0.15, 0.2) is 57.5 Å². The first kappa shape index (κ1) is 13.7. The number of halogens is 1. The van der Waals surface area contributed by atoms with E-state index in [9.17, 15) is 0 Å². The van der Waals surface area contributed by atoms with Crippen LogP contribution < -0.4 is 10.5 Å². The molecule has 0 unspecified atom stereocenters. The van der Waals surface area contributed by atoms with Gasteiger partial charge in [-0.2, -0.15) is 0 Å². The van der Waals surface area contributed by atoms with Gasteiger partial charge in [0, 0.05) is 10.0 Å². The maximum absolute atomic E-state index is 5.98. The van der Waals surface area contributed by atoms with E-state index in [0.717, 1.165) is 26.9 Å². The Morgan fingerprint density at radius 3 is 2.48 bits per heavy atom. The summed E-state index contributed by atoms with van der Waals surface area (Å²) in [6.07, 6.45) is 0. The Hall–Kier alpha value is -2.27. The summed E-state index contributed by atoms with van der Waals surface area (Å²) in [6.45, 7) is 0. The van der Waals surface area contributed by atoms with Gasteiger partial charge in [0.25, 0.3) is 0 Å². The van der Waals surface area contributed by atoms with Gasteiger partial charge in [-0.15, -0.1) is 0 Å². The lowest BCUT2D eigenvalue weighted by molar-refractivity contribution is 0.415. The van der Waals surface area contributed by atoms with E-state index >= 15 is 0 Å². The first-order valence-corrected chi connectivity index (χ1v) is 7.14. The van der Waals surface area contributed by atoms with E-state index in [0.29, 0.717) is 11.6 Å². The third-order valence-electron chi connectivity index (χ3n) is 3.22. The van der Waals surface area contributed by atoms with Crippen LogP contribution in [0.3, 0.4) is 0 Å². The highest BCUT2D eigenvalue weighted by atomic mass is 79.9. The fourth-order valence-electron chi connectivity index (χ4n) is 2.17. The fraction of sp³-hybridized carbons (Fsp3) is 0.0625. The van der Waals surface area contributed by atoms with Crippen molar-refractivity contribution in [2.45, 2.75) is 0 Å². The monoisotopic (exact) mass is 344 g/mol. The lowest BCUT2D eigenvalue weighted by atomic mass is 10.0. The molecule has 0 spiro atoms. The summed E-state index contributed by atoms with van der Waals surface area (Å²) in [5, 5.41) is 3.90. The van der Waals surface area contributed by atoms with Gasteiger partial charge >= 0.3 is 0 Å². The van der Waals surface area contributed by atoms with Crippen LogP contribution in [0.5, 0.6) is 5.75 Å². The Morgan fingerprint density at radius 2 is 1.81 bits per heavy atom. The van der Waals surface area contributed by atoms with Crippen molar-refractivity contribution in [1.82, 2.24) is 5.16 Å². The zero-order chi connectivity index (χ0) is 14.8. The molecular formula is C16H13BrN2O2. The molecule has 0 fully saturated rings. The molecule has 0 saturated carbocycles. The second kappa shape index (κ2) is 5.61. The van der Waals surface area contributed by atoms with Crippen molar-refractivity contribution in [3.8, 4) is 28.2 Å². The van der Waals surface area contributed by atoms with Gasteiger partial charge in [-0.25, -0.2) is 0 Å². The van der Waals surface area contributed by atoms with E-state index in [1.807, 2.05) is 48.5 Å². The van der Waals surface area contributed by atoms with Crippen molar-refractivity contribution in [3.63, 3.8) is 0 Å². The lowest BCUT2D eigenvalue weighted by Crippen LogP contribution is -1.89. The van der Waals surface area contributed by atoms with Gasteiger partial charge in [-0.3, -0.25) is 0 Å². The summed E-state index contributed by atoms with van der Waals surface area (Å²) in [4.78, 5) is 0. The quantitative estimate of drug-likeness (QED) is 0.766. The number of benzene rings is 2. The highest BCUT2D eigenvalue weighted by Crippen LogP contribution is 2.39. The van der Waals surface area contributed by atoms with Crippen molar-refractivity contribution in [3.05, 3.63) is 53.0 Å². The Balaban J connectivity index is 2.15. The van der Waals surface area contributed by atoms with Crippen molar-refractivity contribution in [2.24, 2.45) is 0 Å². The van der Waals surface area contributed by atoms with Crippen LogP contribution >= 0.6 is 15.9 Å². The maximum atomic E-state index is 5.98. The average molecular weight is 345 g/mol. The standard InChI is InChI=1S/C16H13BrN2O2/c1-20-11-8-6-10(7-9-11)14-15(21-19-16(14)18)12-4-2-3-5-13(12)17/h2-9H,1H3,(H2,18,19). The number of hydrogen-bond donors (Lipinski definition) is 1. The second-order valence-electron chi connectivity index (χ2n) is 4.48. The molecule has 3 aromatic rings. The van der Waals surface area contributed by atoms with Gasteiger partial charge < -0.3 is 15.0 Å². The predicted octanol–water partition coefficient (Wildman–Crippen LogP) is 4.36. The molecule has 0 saturated heterocycles. The summed E-state index contributed by atoms with van der Waals surface area (Å²) in [5.74, 6) is 1.80. The number of methoxy groups -OCH3 is 1. The number of nitrogen functional groups attached to an aromatic ring is 1. The third kappa shape index (κ3) is 2.52. The van der Waals surface area contributed by atoms with Gasteiger partial charge in [0.05, 0.1) is 12.7 Å². The molecule has 0 amide bonds. The van der Waals surface area contributed by atoms with Gasteiger partial charge in [-0.1, -0.05) is 45.4 Å². The summed E-state index contributed by atoms with van der Waals surface area (Å²) in [7, 11) is 1.63. The van der Waals surface area contributed by atoms with Gasteiger partial charge in [0.2, 0.25) is 0 Å².